The number of ether oxygens (including phenoxy) is 2. The zero-order chi connectivity index (χ0) is 14.8. The van der Waals surface area contributed by atoms with E-state index in [0.29, 0.717) is 24.3 Å². The van der Waals surface area contributed by atoms with Crippen LogP contribution >= 0.6 is 0 Å². The number of imide groups is 1. The minimum absolute atomic E-state index is 0.131. The summed E-state index contributed by atoms with van der Waals surface area (Å²) in [5.74, 6) is 1.08. The van der Waals surface area contributed by atoms with Crippen LogP contribution in [0.2, 0.25) is 0 Å². The monoisotopic (exact) mass is 290 g/mol. The van der Waals surface area contributed by atoms with Gasteiger partial charge in [-0.25, -0.2) is 0 Å². The first-order valence-corrected chi connectivity index (χ1v) is 7.13. The first-order valence-electron chi connectivity index (χ1n) is 7.13. The molecule has 1 atom stereocenters. The zero-order valence-corrected chi connectivity index (χ0v) is 11.7. The summed E-state index contributed by atoms with van der Waals surface area (Å²) in [4.78, 5) is 25.3. The fourth-order valence-corrected chi connectivity index (χ4v) is 2.61. The molecule has 0 spiro atoms. The Bertz CT molecular complexity index is 555. The number of hydrogen-bond acceptors (Lipinski definition) is 5. The molecule has 21 heavy (non-hydrogen) atoms. The van der Waals surface area contributed by atoms with E-state index in [4.69, 9.17) is 15.2 Å². The number of fused-ring (bicyclic) bond motifs is 1. The summed E-state index contributed by atoms with van der Waals surface area (Å²) in [6.07, 6.45) is 2.36. The van der Waals surface area contributed by atoms with Gasteiger partial charge in [0.05, 0.1) is 0 Å². The molecule has 6 heteroatoms. The third kappa shape index (κ3) is 2.85. The maximum Gasteiger partial charge on any atom is 0.231 e. The maximum absolute atomic E-state index is 12.0. The van der Waals surface area contributed by atoms with Crippen molar-refractivity contribution < 1.29 is 19.1 Å². The van der Waals surface area contributed by atoms with Gasteiger partial charge in [0.25, 0.3) is 0 Å². The van der Waals surface area contributed by atoms with Gasteiger partial charge in [0.2, 0.25) is 18.6 Å². The molecule has 0 saturated carbocycles. The van der Waals surface area contributed by atoms with Crippen molar-refractivity contribution in [1.29, 1.82) is 0 Å². The Kier molecular flexibility index (Phi) is 3.79. The minimum Gasteiger partial charge on any atom is -0.454 e. The van der Waals surface area contributed by atoms with Crippen LogP contribution in [-0.2, 0) is 9.59 Å². The minimum atomic E-state index is -0.425. The highest BCUT2D eigenvalue weighted by Crippen LogP contribution is 2.34. The van der Waals surface area contributed by atoms with E-state index in [1.54, 1.807) is 12.1 Å². The Morgan fingerprint density at radius 1 is 1.10 bits per heavy atom. The van der Waals surface area contributed by atoms with E-state index in [-0.39, 0.29) is 25.2 Å². The van der Waals surface area contributed by atoms with Crippen LogP contribution in [0.5, 0.6) is 11.5 Å². The van der Waals surface area contributed by atoms with Crippen molar-refractivity contribution in [1.82, 2.24) is 4.90 Å². The maximum atomic E-state index is 12.0. The Labute approximate surface area is 122 Å². The van der Waals surface area contributed by atoms with E-state index in [0.717, 1.165) is 18.4 Å². The molecule has 0 bridgehead atoms. The average molecular weight is 290 g/mol. The lowest BCUT2D eigenvalue weighted by atomic mass is 10.1. The van der Waals surface area contributed by atoms with E-state index in [1.165, 1.54) is 4.90 Å². The number of likely N-dealkylation sites (tertiary alicyclic amines) is 1. The van der Waals surface area contributed by atoms with Gasteiger partial charge in [0.1, 0.15) is 0 Å². The van der Waals surface area contributed by atoms with Crippen LogP contribution in [0.3, 0.4) is 0 Å². The average Bonchev–Trinajstić information content (AvgIpc) is 2.89. The van der Waals surface area contributed by atoms with E-state index in [2.05, 4.69) is 0 Å². The number of amides is 2. The summed E-state index contributed by atoms with van der Waals surface area (Å²) in [6, 6.07) is 5.01. The molecule has 6 nitrogen and oxygen atoms in total. The van der Waals surface area contributed by atoms with Gasteiger partial charge in [0, 0.05) is 25.4 Å². The molecule has 2 aliphatic heterocycles. The molecule has 2 N–H and O–H groups in total. The first kappa shape index (κ1) is 13.9. The molecule has 2 aliphatic rings. The summed E-state index contributed by atoms with van der Waals surface area (Å²) >= 11 is 0. The van der Waals surface area contributed by atoms with Gasteiger partial charge < -0.3 is 15.2 Å². The van der Waals surface area contributed by atoms with Crippen LogP contribution in [0.15, 0.2) is 18.2 Å². The number of carbonyl (C=O) groups is 2. The molecule has 1 unspecified atom stereocenters. The third-order valence-electron chi connectivity index (χ3n) is 3.84. The van der Waals surface area contributed by atoms with Crippen LogP contribution in [0.4, 0.5) is 0 Å². The Morgan fingerprint density at radius 3 is 2.48 bits per heavy atom. The highest BCUT2D eigenvalue weighted by Gasteiger charge is 2.26. The second-order valence-electron chi connectivity index (χ2n) is 5.32. The predicted octanol–water partition coefficient (Wildman–Crippen LogP) is 1.34. The molecule has 0 aromatic heterocycles. The summed E-state index contributed by atoms with van der Waals surface area (Å²) in [5, 5.41) is 0. The molecular formula is C15H18N2O4. The largest absolute Gasteiger partial charge is 0.454 e. The number of nitrogens with two attached hydrogens (primary N) is 1. The summed E-state index contributed by atoms with van der Waals surface area (Å²) in [7, 11) is 0. The molecule has 3 rings (SSSR count). The molecule has 1 fully saturated rings. The van der Waals surface area contributed by atoms with Gasteiger partial charge in [0.15, 0.2) is 11.5 Å². The lowest BCUT2D eigenvalue weighted by molar-refractivity contribution is -0.144. The van der Waals surface area contributed by atoms with Gasteiger partial charge in [-0.15, -0.1) is 0 Å². The van der Waals surface area contributed by atoms with Crippen molar-refractivity contribution in [2.45, 2.75) is 31.7 Å². The SMILES string of the molecule is NC(CN1C(=O)CCCCC1=O)c1ccc2c(c1)OCO2. The number of hydrogen-bond donors (Lipinski definition) is 1. The molecule has 2 heterocycles. The first-order chi connectivity index (χ1) is 10.1. The molecule has 112 valence electrons. The van der Waals surface area contributed by atoms with E-state index >= 15 is 0 Å². The molecule has 0 aliphatic carbocycles. The van der Waals surface area contributed by atoms with Crippen molar-refractivity contribution in [2.24, 2.45) is 5.73 Å². The molecule has 1 saturated heterocycles. The van der Waals surface area contributed by atoms with Gasteiger partial charge in [-0.3, -0.25) is 14.5 Å². The molecule has 1 aromatic rings. The van der Waals surface area contributed by atoms with Crippen molar-refractivity contribution in [3.8, 4) is 11.5 Å². The van der Waals surface area contributed by atoms with E-state index in [1.807, 2.05) is 6.07 Å². The molecule has 0 radical (unpaired) electrons. The van der Waals surface area contributed by atoms with Crippen LogP contribution in [0.1, 0.15) is 37.3 Å². The Hall–Kier alpha value is -2.08. The topological polar surface area (TPSA) is 81.9 Å². The summed E-state index contributed by atoms with van der Waals surface area (Å²) in [5.41, 5.74) is 6.98. The molecular weight excluding hydrogens is 272 g/mol. The fourth-order valence-electron chi connectivity index (χ4n) is 2.61. The van der Waals surface area contributed by atoms with Gasteiger partial charge in [-0.2, -0.15) is 0 Å². The summed E-state index contributed by atoms with van der Waals surface area (Å²) in [6.45, 7) is 0.411. The van der Waals surface area contributed by atoms with Crippen molar-refractivity contribution >= 4 is 11.8 Å². The zero-order valence-electron chi connectivity index (χ0n) is 11.7. The van der Waals surface area contributed by atoms with Gasteiger partial charge in [-0.05, 0) is 30.5 Å². The highest BCUT2D eigenvalue weighted by atomic mass is 16.7. The smallest absolute Gasteiger partial charge is 0.231 e. The quantitative estimate of drug-likeness (QED) is 0.850. The van der Waals surface area contributed by atoms with Crippen LogP contribution in [0, 0.1) is 0 Å². The van der Waals surface area contributed by atoms with Crippen LogP contribution in [0.25, 0.3) is 0 Å². The van der Waals surface area contributed by atoms with Gasteiger partial charge >= 0.3 is 0 Å². The lowest BCUT2D eigenvalue weighted by Gasteiger charge is -2.23. The normalized spacial score (nSPS) is 19.6. The van der Waals surface area contributed by atoms with E-state index < -0.39 is 6.04 Å². The highest BCUT2D eigenvalue weighted by molar-refractivity contribution is 5.96. The number of benzene rings is 1. The van der Waals surface area contributed by atoms with Crippen molar-refractivity contribution in [3.63, 3.8) is 0 Å². The fraction of sp³-hybridized carbons (Fsp3) is 0.467. The number of nitrogens with zero attached hydrogens (tertiary/aromatic N) is 1. The Balaban J connectivity index is 1.74. The number of carbonyl (C=O) groups excluding carboxylic acids is 2. The standard InChI is InChI=1S/C15H18N2O4/c16-11(8-17-14(18)3-1-2-4-15(17)19)10-5-6-12-13(7-10)21-9-20-12/h5-7,11H,1-4,8-9,16H2. The third-order valence-corrected chi connectivity index (χ3v) is 3.84. The molecule has 1 aromatic carbocycles. The molecule has 2 amide bonds. The lowest BCUT2D eigenvalue weighted by Crippen LogP contribution is -2.40. The van der Waals surface area contributed by atoms with E-state index in [9.17, 15) is 9.59 Å². The van der Waals surface area contributed by atoms with Crippen LogP contribution in [-0.4, -0.2) is 30.1 Å². The van der Waals surface area contributed by atoms with Gasteiger partial charge in [-0.1, -0.05) is 6.07 Å². The van der Waals surface area contributed by atoms with Crippen LogP contribution < -0.4 is 15.2 Å². The van der Waals surface area contributed by atoms with Crippen molar-refractivity contribution in [2.75, 3.05) is 13.3 Å². The Morgan fingerprint density at radius 2 is 1.76 bits per heavy atom. The summed E-state index contributed by atoms with van der Waals surface area (Å²) < 4.78 is 10.6. The second kappa shape index (κ2) is 5.73. The predicted molar refractivity (Wildman–Crippen MR) is 74.7 cm³/mol. The van der Waals surface area contributed by atoms with Crippen molar-refractivity contribution in [3.05, 3.63) is 23.8 Å². The second-order valence-corrected chi connectivity index (χ2v) is 5.32. The number of rotatable bonds is 3.